The Labute approximate surface area is 265 Å². The number of benzene rings is 2. The molecule has 1 unspecified atom stereocenters. The first-order valence-corrected chi connectivity index (χ1v) is 15.7. The van der Waals surface area contributed by atoms with Gasteiger partial charge in [0.25, 0.3) is 0 Å². The Hall–Kier alpha value is -3.78. The number of rotatable bonds is 10. The van der Waals surface area contributed by atoms with E-state index in [1.165, 1.54) is 5.56 Å². The molecule has 1 fully saturated rings. The Balaban J connectivity index is 1.59. The van der Waals surface area contributed by atoms with Gasteiger partial charge in [0.1, 0.15) is 30.8 Å². The van der Waals surface area contributed by atoms with Gasteiger partial charge in [-0.15, -0.1) is 0 Å². The molecule has 0 spiro atoms. The molecule has 0 radical (unpaired) electrons. The molecular formula is C35H43N3O7. The maximum absolute atomic E-state index is 12.8. The first-order valence-electron chi connectivity index (χ1n) is 15.7. The van der Waals surface area contributed by atoms with Crippen molar-refractivity contribution in [3.05, 3.63) is 57.7 Å². The lowest BCUT2D eigenvalue weighted by Crippen LogP contribution is -2.68. The SMILES string of the molecule is C=CCOc1c(C)c2c(c3c1CC1[C@H]4c5c(cc(C)c(C)c5OCOC)C[C@@H]([C@H](C#N)N1[C@H]3COC(=O)CCC)N4C)OCO2. The number of aryl methyl sites for hydroxylation is 1. The van der Waals surface area contributed by atoms with Crippen molar-refractivity contribution in [3.63, 3.8) is 0 Å². The molecule has 4 aliphatic heterocycles. The monoisotopic (exact) mass is 617 g/mol. The number of nitrogens with zero attached hydrogens (tertiary/aromatic N) is 3. The summed E-state index contributed by atoms with van der Waals surface area (Å²) in [6, 6.07) is 3.61. The summed E-state index contributed by atoms with van der Waals surface area (Å²) in [5, 5.41) is 10.9. The van der Waals surface area contributed by atoms with Crippen molar-refractivity contribution in [1.29, 1.82) is 5.26 Å². The zero-order valence-electron chi connectivity index (χ0n) is 27.1. The fraction of sp³-hybridized carbons (Fsp3) is 0.543. The molecular weight excluding hydrogens is 574 g/mol. The number of fused-ring (bicyclic) bond motifs is 9. The second kappa shape index (κ2) is 12.5. The lowest BCUT2D eigenvalue weighted by Gasteiger charge is -2.60. The molecule has 1 saturated heterocycles. The van der Waals surface area contributed by atoms with E-state index in [0.29, 0.717) is 43.8 Å². The average Bonchev–Trinajstić information content (AvgIpc) is 3.51. The maximum atomic E-state index is 12.8. The Bertz CT molecular complexity index is 1550. The Morgan fingerprint density at radius 1 is 1.11 bits per heavy atom. The third-order valence-corrected chi connectivity index (χ3v) is 9.93. The fourth-order valence-corrected chi connectivity index (χ4v) is 7.93. The molecule has 5 atom stereocenters. The Kier molecular flexibility index (Phi) is 8.70. The minimum atomic E-state index is -0.478. The first-order chi connectivity index (χ1) is 21.8. The average molecular weight is 618 g/mol. The van der Waals surface area contributed by atoms with Crippen LogP contribution in [0.4, 0.5) is 0 Å². The van der Waals surface area contributed by atoms with Gasteiger partial charge in [-0.1, -0.05) is 25.6 Å². The number of likely N-dealkylation sites (N-methyl/N-ethyl adjacent to an activating group) is 1. The number of hydrogen-bond acceptors (Lipinski definition) is 10. The normalized spacial score (nSPS) is 24.6. The summed E-state index contributed by atoms with van der Waals surface area (Å²) in [6.07, 6.45) is 4.00. The Morgan fingerprint density at radius 2 is 1.89 bits per heavy atom. The maximum Gasteiger partial charge on any atom is 0.305 e. The van der Waals surface area contributed by atoms with Gasteiger partial charge in [0, 0.05) is 47.9 Å². The fourth-order valence-electron chi connectivity index (χ4n) is 7.93. The van der Waals surface area contributed by atoms with Gasteiger partial charge in [-0.3, -0.25) is 14.6 Å². The van der Waals surface area contributed by atoms with Crippen LogP contribution < -0.4 is 18.9 Å². The van der Waals surface area contributed by atoms with Crippen molar-refractivity contribution < 1.29 is 33.2 Å². The van der Waals surface area contributed by atoms with Crippen LogP contribution in [0.3, 0.4) is 0 Å². The molecule has 6 rings (SSSR count). The molecule has 2 aromatic carbocycles. The minimum absolute atomic E-state index is 0.0796. The highest BCUT2D eigenvalue weighted by Gasteiger charge is 2.57. The van der Waals surface area contributed by atoms with Crippen LogP contribution in [0.5, 0.6) is 23.0 Å². The van der Waals surface area contributed by atoms with Crippen molar-refractivity contribution in [2.75, 3.05) is 41.0 Å². The number of piperazine rings is 1. The second-order valence-electron chi connectivity index (χ2n) is 12.4. The minimum Gasteiger partial charge on any atom is -0.489 e. The van der Waals surface area contributed by atoms with Gasteiger partial charge in [-0.2, -0.15) is 5.26 Å². The smallest absolute Gasteiger partial charge is 0.305 e. The molecule has 0 aromatic heterocycles. The highest BCUT2D eigenvalue weighted by Crippen LogP contribution is 2.58. The first kappa shape index (κ1) is 31.2. The van der Waals surface area contributed by atoms with E-state index in [1.807, 2.05) is 13.8 Å². The van der Waals surface area contributed by atoms with Crippen molar-refractivity contribution >= 4 is 5.97 Å². The number of carbonyl (C=O) groups is 1. The van der Waals surface area contributed by atoms with E-state index in [1.54, 1.807) is 13.2 Å². The number of esters is 1. The van der Waals surface area contributed by atoms with Crippen molar-refractivity contribution in [3.8, 4) is 29.1 Å². The largest absolute Gasteiger partial charge is 0.489 e. The third kappa shape index (κ3) is 5.02. The summed E-state index contributed by atoms with van der Waals surface area (Å²) in [6.45, 7) is 12.6. The summed E-state index contributed by atoms with van der Waals surface area (Å²) in [5.41, 5.74) is 7.24. The van der Waals surface area contributed by atoms with Crippen LogP contribution in [-0.2, 0) is 27.1 Å². The van der Waals surface area contributed by atoms with Gasteiger partial charge in [-0.25, -0.2) is 0 Å². The summed E-state index contributed by atoms with van der Waals surface area (Å²) >= 11 is 0. The lowest BCUT2D eigenvalue weighted by atomic mass is 9.71. The number of methoxy groups -OCH3 is 1. The topological polar surface area (TPSA) is 103 Å². The number of nitriles is 1. The standard InChI is InChI=1S/C35H43N3O7/c1-8-10-28(39)42-16-27-30-23(32(41-11-9-2)21(5)34-35(30)45-18-44-34)14-25-31-29-22(12-19(3)20(4)33(29)43-17-40-7)13-24(37(31)6)26(15-36)38(25)27/h9,12,24-27,31H,2,8,10-11,13-14,16-18H2,1,3-7H3/t24-,25?,26-,27-,31-/m0/s1. The van der Waals surface area contributed by atoms with Crippen LogP contribution in [0, 0.1) is 32.1 Å². The number of carbonyl (C=O) groups excluding carboxylic acids is 1. The van der Waals surface area contributed by atoms with Gasteiger partial charge >= 0.3 is 5.97 Å². The van der Waals surface area contributed by atoms with Gasteiger partial charge < -0.3 is 28.4 Å². The van der Waals surface area contributed by atoms with Crippen molar-refractivity contribution in [2.24, 2.45) is 0 Å². The van der Waals surface area contributed by atoms with Gasteiger partial charge in [0.2, 0.25) is 6.79 Å². The van der Waals surface area contributed by atoms with E-state index in [9.17, 15) is 10.1 Å². The second-order valence-corrected chi connectivity index (χ2v) is 12.4. The molecule has 45 heavy (non-hydrogen) atoms. The predicted molar refractivity (Wildman–Crippen MR) is 167 cm³/mol. The summed E-state index contributed by atoms with van der Waals surface area (Å²) in [4.78, 5) is 17.4. The molecule has 2 bridgehead atoms. The van der Waals surface area contributed by atoms with Crippen molar-refractivity contribution in [1.82, 2.24) is 9.80 Å². The predicted octanol–water partition coefficient (Wildman–Crippen LogP) is 5.00. The van der Waals surface area contributed by atoms with Crippen molar-refractivity contribution in [2.45, 2.75) is 83.6 Å². The Morgan fingerprint density at radius 3 is 2.60 bits per heavy atom. The molecule has 4 heterocycles. The highest BCUT2D eigenvalue weighted by molar-refractivity contribution is 5.70. The van der Waals surface area contributed by atoms with Crippen LogP contribution in [0.25, 0.3) is 0 Å². The van der Waals surface area contributed by atoms with Gasteiger partial charge in [-0.05, 0) is 63.8 Å². The molecule has 10 heteroatoms. The molecule has 10 nitrogen and oxygen atoms in total. The van der Waals surface area contributed by atoms with E-state index < -0.39 is 12.1 Å². The van der Waals surface area contributed by atoms with Crippen LogP contribution >= 0.6 is 0 Å². The molecule has 4 aliphatic rings. The summed E-state index contributed by atoms with van der Waals surface area (Å²) in [7, 11) is 3.74. The molecule has 0 saturated carbocycles. The summed E-state index contributed by atoms with van der Waals surface area (Å²) in [5.74, 6) is 2.56. The van der Waals surface area contributed by atoms with Crippen LogP contribution in [-0.4, -0.2) is 74.9 Å². The lowest BCUT2D eigenvalue weighted by molar-refractivity contribution is -0.149. The molecule has 0 amide bonds. The number of ether oxygens (including phenoxy) is 6. The highest BCUT2D eigenvalue weighted by atomic mass is 16.7. The van der Waals surface area contributed by atoms with E-state index >= 15 is 0 Å². The molecule has 2 aromatic rings. The van der Waals surface area contributed by atoms with Gasteiger partial charge in [0.15, 0.2) is 18.3 Å². The molecule has 0 aliphatic carbocycles. The third-order valence-electron chi connectivity index (χ3n) is 9.93. The van der Waals surface area contributed by atoms with Crippen LogP contribution in [0.15, 0.2) is 18.7 Å². The summed E-state index contributed by atoms with van der Waals surface area (Å²) < 4.78 is 36.1. The number of hydrogen-bond donors (Lipinski definition) is 0. The molecule has 240 valence electrons. The van der Waals surface area contributed by atoms with Gasteiger partial charge in [0.05, 0.1) is 18.2 Å². The molecule has 0 N–H and O–H groups in total. The quantitative estimate of drug-likeness (QED) is 0.206. The van der Waals surface area contributed by atoms with Crippen LogP contribution in [0.1, 0.15) is 70.8 Å². The van der Waals surface area contributed by atoms with Crippen LogP contribution in [0.2, 0.25) is 0 Å². The zero-order chi connectivity index (χ0) is 32.0. The zero-order valence-corrected chi connectivity index (χ0v) is 27.1. The van der Waals surface area contributed by atoms with E-state index in [0.717, 1.165) is 44.9 Å². The van der Waals surface area contributed by atoms with E-state index in [-0.39, 0.29) is 44.3 Å². The van der Waals surface area contributed by atoms with E-state index in [4.69, 9.17) is 28.4 Å². The van der Waals surface area contributed by atoms with E-state index in [2.05, 4.69) is 49.4 Å².